The van der Waals surface area contributed by atoms with E-state index in [-0.39, 0.29) is 12.1 Å². The Bertz CT molecular complexity index is 985. The van der Waals surface area contributed by atoms with Gasteiger partial charge in [-0.15, -0.1) is 0 Å². The summed E-state index contributed by atoms with van der Waals surface area (Å²) in [6, 6.07) is 18.7. The number of anilines is 2. The van der Waals surface area contributed by atoms with Crippen molar-refractivity contribution in [3.8, 4) is 5.75 Å². The number of carbonyl (C=O) groups excluding carboxylic acids is 1. The standard InChI is InChI=1S/C24H27ClN4O3/c1-31-21-10-8-20(9-11-21)28-12-14-29(15-13-28)22(23-3-2-16-32-23)17-26-24(30)27-19-6-4-18(25)5-7-19/h2-11,16,22H,12-15,17H2,1H3,(H2,26,27,30). The number of piperazine rings is 1. The summed E-state index contributed by atoms with van der Waals surface area (Å²) in [4.78, 5) is 17.1. The number of furan rings is 1. The lowest BCUT2D eigenvalue weighted by Crippen LogP contribution is -2.50. The molecule has 1 atom stereocenters. The van der Waals surface area contributed by atoms with E-state index in [9.17, 15) is 4.79 Å². The van der Waals surface area contributed by atoms with E-state index in [1.54, 1.807) is 37.6 Å². The Morgan fingerprint density at radius 2 is 1.78 bits per heavy atom. The SMILES string of the molecule is COc1ccc(N2CCN(C(CNC(=O)Nc3ccc(Cl)cc3)c3ccco3)CC2)cc1. The van der Waals surface area contributed by atoms with Crippen LogP contribution in [0.2, 0.25) is 5.02 Å². The van der Waals surface area contributed by atoms with Gasteiger partial charge in [-0.3, -0.25) is 4.90 Å². The molecule has 0 spiro atoms. The van der Waals surface area contributed by atoms with E-state index in [2.05, 4.69) is 32.6 Å². The quantitative estimate of drug-likeness (QED) is 0.544. The second-order valence-corrected chi connectivity index (χ2v) is 8.03. The average Bonchev–Trinajstić information content (AvgIpc) is 3.36. The van der Waals surface area contributed by atoms with Gasteiger partial charge in [0.15, 0.2) is 0 Å². The molecule has 1 aromatic heterocycles. The van der Waals surface area contributed by atoms with Gasteiger partial charge in [0.05, 0.1) is 19.4 Å². The van der Waals surface area contributed by atoms with Crippen molar-refractivity contribution in [2.24, 2.45) is 0 Å². The number of halogens is 1. The molecular formula is C24H27ClN4O3. The van der Waals surface area contributed by atoms with Crippen molar-refractivity contribution < 1.29 is 13.9 Å². The summed E-state index contributed by atoms with van der Waals surface area (Å²) in [5, 5.41) is 6.44. The molecule has 1 unspecified atom stereocenters. The molecule has 0 radical (unpaired) electrons. The van der Waals surface area contributed by atoms with E-state index in [1.165, 1.54) is 5.69 Å². The number of carbonyl (C=O) groups is 1. The molecule has 1 fully saturated rings. The number of ether oxygens (including phenoxy) is 1. The highest BCUT2D eigenvalue weighted by Gasteiger charge is 2.27. The van der Waals surface area contributed by atoms with Crippen molar-refractivity contribution >= 4 is 29.0 Å². The molecule has 1 aliphatic rings. The van der Waals surface area contributed by atoms with Gasteiger partial charge < -0.3 is 24.7 Å². The maximum Gasteiger partial charge on any atom is 0.319 e. The minimum atomic E-state index is -0.263. The smallest absolute Gasteiger partial charge is 0.319 e. The van der Waals surface area contributed by atoms with Crippen LogP contribution >= 0.6 is 11.6 Å². The van der Waals surface area contributed by atoms with E-state index >= 15 is 0 Å². The number of hydrogen-bond donors (Lipinski definition) is 2. The summed E-state index contributed by atoms with van der Waals surface area (Å²) in [6.07, 6.45) is 1.67. The van der Waals surface area contributed by atoms with Crippen molar-refractivity contribution in [3.05, 3.63) is 77.7 Å². The minimum Gasteiger partial charge on any atom is -0.497 e. The molecule has 2 N–H and O–H groups in total. The fourth-order valence-electron chi connectivity index (χ4n) is 3.87. The Labute approximate surface area is 192 Å². The molecule has 168 valence electrons. The van der Waals surface area contributed by atoms with E-state index in [0.717, 1.165) is 37.7 Å². The summed E-state index contributed by atoms with van der Waals surface area (Å²) in [6.45, 7) is 3.94. The van der Waals surface area contributed by atoms with E-state index in [1.807, 2.05) is 24.3 Å². The maximum atomic E-state index is 12.4. The van der Waals surface area contributed by atoms with Crippen molar-refractivity contribution in [3.63, 3.8) is 0 Å². The molecule has 1 aliphatic heterocycles. The van der Waals surface area contributed by atoms with Crippen LogP contribution in [0.25, 0.3) is 0 Å². The minimum absolute atomic E-state index is 0.0426. The fraction of sp³-hybridized carbons (Fsp3) is 0.292. The molecule has 32 heavy (non-hydrogen) atoms. The molecule has 7 nitrogen and oxygen atoms in total. The second kappa shape index (κ2) is 10.4. The average molecular weight is 455 g/mol. The third-order valence-electron chi connectivity index (χ3n) is 5.62. The highest BCUT2D eigenvalue weighted by molar-refractivity contribution is 6.30. The summed E-state index contributed by atoms with van der Waals surface area (Å²) >= 11 is 5.90. The third-order valence-corrected chi connectivity index (χ3v) is 5.87. The first-order valence-electron chi connectivity index (χ1n) is 10.6. The summed E-state index contributed by atoms with van der Waals surface area (Å²) in [5.41, 5.74) is 1.87. The largest absolute Gasteiger partial charge is 0.497 e. The van der Waals surface area contributed by atoms with Gasteiger partial charge in [0.2, 0.25) is 0 Å². The van der Waals surface area contributed by atoms with Crippen molar-refractivity contribution in [2.75, 3.05) is 50.1 Å². The molecule has 3 aromatic rings. The molecule has 2 aromatic carbocycles. The van der Waals surface area contributed by atoms with Crippen LogP contribution in [-0.4, -0.2) is 50.8 Å². The monoisotopic (exact) mass is 454 g/mol. The number of urea groups is 1. The van der Waals surface area contributed by atoms with Crippen LogP contribution in [0.15, 0.2) is 71.3 Å². The van der Waals surface area contributed by atoms with E-state index in [4.69, 9.17) is 20.8 Å². The molecule has 1 saturated heterocycles. The number of benzene rings is 2. The molecule has 2 amide bonds. The molecule has 0 aliphatic carbocycles. The van der Waals surface area contributed by atoms with Crippen molar-refractivity contribution in [1.82, 2.24) is 10.2 Å². The molecule has 0 bridgehead atoms. The van der Waals surface area contributed by atoms with Gasteiger partial charge in [-0.25, -0.2) is 4.79 Å². The van der Waals surface area contributed by atoms with Gasteiger partial charge in [-0.2, -0.15) is 0 Å². The number of nitrogens with zero attached hydrogens (tertiary/aromatic N) is 2. The first kappa shape index (κ1) is 22.0. The van der Waals surface area contributed by atoms with Crippen molar-refractivity contribution in [1.29, 1.82) is 0 Å². The van der Waals surface area contributed by atoms with E-state index < -0.39 is 0 Å². The topological polar surface area (TPSA) is 70.0 Å². The van der Waals surface area contributed by atoms with Gasteiger partial charge in [-0.1, -0.05) is 11.6 Å². The first-order valence-corrected chi connectivity index (χ1v) is 11.0. The van der Waals surface area contributed by atoms with Crippen molar-refractivity contribution in [2.45, 2.75) is 6.04 Å². The maximum absolute atomic E-state index is 12.4. The normalized spacial score (nSPS) is 15.2. The van der Waals surface area contributed by atoms with Crippen LogP contribution in [0.4, 0.5) is 16.2 Å². The molecular weight excluding hydrogens is 428 g/mol. The van der Waals surface area contributed by atoms with Gasteiger partial charge in [0, 0.05) is 49.1 Å². The number of hydrogen-bond acceptors (Lipinski definition) is 5. The number of methoxy groups -OCH3 is 1. The Balaban J connectivity index is 1.35. The van der Waals surface area contributed by atoms with Crippen LogP contribution in [0.5, 0.6) is 5.75 Å². The zero-order valence-corrected chi connectivity index (χ0v) is 18.7. The Morgan fingerprint density at radius 1 is 1.06 bits per heavy atom. The van der Waals surface area contributed by atoms with Gasteiger partial charge >= 0.3 is 6.03 Å². The predicted octanol–water partition coefficient (Wildman–Crippen LogP) is 4.63. The van der Waals surface area contributed by atoms with Gasteiger partial charge in [0.25, 0.3) is 0 Å². The van der Waals surface area contributed by atoms with Crippen LogP contribution in [0, 0.1) is 0 Å². The third kappa shape index (κ3) is 5.55. The number of amides is 2. The Hall–Kier alpha value is -3.16. The first-order chi connectivity index (χ1) is 15.6. The fourth-order valence-corrected chi connectivity index (χ4v) is 4.00. The lowest BCUT2D eigenvalue weighted by Gasteiger charge is -2.39. The second-order valence-electron chi connectivity index (χ2n) is 7.59. The molecule has 2 heterocycles. The van der Waals surface area contributed by atoms with Gasteiger partial charge in [-0.05, 0) is 60.7 Å². The summed E-state index contributed by atoms with van der Waals surface area (Å²) < 4.78 is 10.9. The van der Waals surface area contributed by atoms with Crippen LogP contribution in [0.1, 0.15) is 11.8 Å². The molecule has 8 heteroatoms. The lowest BCUT2D eigenvalue weighted by atomic mass is 10.1. The zero-order valence-electron chi connectivity index (χ0n) is 18.0. The van der Waals surface area contributed by atoms with E-state index in [0.29, 0.717) is 17.3 Å². The Morgan fingerprint density at radius 3 is 2.41 bits per heavy atom. The summed E-state index contributed by atoms with van der Waals surface area (Å²) in [5.74, 6) is 1.70. The molecule has 4 rings (SSSR count). The lowest BCUT2D eigenvalue weighted by molar-refractivity contribution is 0.162. The number of nitrogens with one attached hydrogen (secondary N) is 2. The number of rotatable bonds is 7. The van der Waals surface area contributed by atoms with Gasteiger partial charge in [0.1, 0.15) is 11.5 Å². The molecule has 0 saturated carbocycles. The van der Waals surface area contributed by atoms with Crippen LogP contribution < -0.4 is 20.3 Å². The Kier molecular flexibility index (Phi) is 7.19. The highest BCUT2D eigenvalue weighted by atomic mass is 35.5. The van der Waals surface area contributed by atoms with Crippen LogP contribution in [0.3, 0.4) is 0 Å². The zero-order chi connectivity index (χ0) is 22.3. The van der Waals surface area contributed by atoms with Crippen LogP contribution in [-0.2, 0) is 0 Å². The predicted molar refractivity (Wildman–Crippen MR) is 127 cm³/mol. The highest BCUT2D eigenvalue weighted by Crippen LogP contribution is 2.25. The summed E-state index contributed by atoms with van der Waals surface area (Å²) in [7, 11) is 1.67.